The van der Waals surface area contributed by atoms with Crippen molar-refractivity contribution in [3.63, 3.8) is 0 Å². The SMILES string of the molecule is CC1(C)CC1CNF. The van der Waals surface area contributed by atoms with E-state index >= 15 is 0 Å². The molecule has 0 bridgehead atoms. The van der Waals surface area contributed by atoms with Crippen molar-refractivity contribution in [1.29, 1.82) is 0 Å². The van der Waals surface area contributed by atoms with E-state index in [-0.39, 0.29) is 0 Å². The Morgan fingerprint density at radius 2 is 2.25 bits per heavy atom. The number of rotatable bonds is 2. The van der Waals surface area contributed by atoms with Crippen LogP contribution < -0.4 is 5.54 Å². The summed E-state index contributed by atoms with van der Waals surface area (Å²) in [5.74, 6) is 0.576. The van der Waals surface area contributed by atoms with Crippen molar-refractivity contribution in [2.24, 2.45) is 11.3 Å². The van der Waals surface area contributed by atoms with E-state index in [1.165, 1.54) is 6.42 Å². The maximum Gasteiger partial charge on any atom is 0.0293 e. The third kappa shape index (κ3) is 0.996. The molecule has 0 aliphatic heterocycles. The van der Waals surface area contributed by atoms with Crippen LogP contribution in [0, 0.1) is 11.3 Å². The molecule has 48 valence electrons. The van der Waals surface area contributed by atoms with Crippen LogP contribution in [-0.2, 0) is 0 Å². The second-order valence-corrected chi connectivity index (χ2v) is 3.23. The van der Waals surface area contributed by atoms with Crippen LogP contribution in [0.4, 0.5) is 4.48 Å². The van der Waals surface area contributed by atoms with E-state index in [2.05, 4.69) is 13.8 Å². The molecule has 1 aliphatic rings. The number of hydrogen-bond acceptors (Lipinski definition) is 1. The van der Waals surface area contributed by atoms with Gasteiger partial charge in [-0.25, -0.2) is 0 Å². The minimum Gasteiger partial charge on any atom is -0.159 e. The fourth-order valence-corrected chi connectivity index (χ4v) is 1.02. The third-order valence-electron chi connectivity index (χ3n) is 2.04. The van der Waals surface area contributed by atoms with Crippen molar-refractivity contribution in [2.75, 3.05) is 6.54 Å². The summed E-state index contributed by atoms with van der Waals surface area (Å²) in [6.07, 6.45) is 1.17. The standard InChI is InChI=1S/C6H12FN/c1-6(2)3-5(6)4-8-7/h5,8H,3-4H2,1-2H3. The van der Waals surface area contributed by atoms with Crippen LogP contribution in [0.3, 0.4) is 0 Å². The minimum absolute atomic E-state index is 0.416. The zero-order valence-electron chi connectivity index (χ0n) is 5.37. The molecule has 0 aromatic rings. The highest BCUT2D eigenvalue weighted by molar-refractivity contribution is 4.95. The van der Waals surface area contributed by atoms with Gasteiger partial charge in [0.2, 0.25) is 0 Å². The summed E-state index contributed by atoms with van der Waals surface area (Å²) in [4.78, 5) is 0. The van der Waals surface area contributed by atoms with Gasteiger partial charge in [-0.2, -0.15) is 5.54 Å². The summed E-state index contributed by atoms with van der Waals surface area (Å²) in [6.45, 7) is 4.86. The molecule has 1 rings (SSSR count). The second-order valence-electron chi connectivity index (χ2n) is 3.23. The van der Waals surface area contributed by atoms with E-state index in [9.17, 15) is 4.48 Å². The molecule has 0 radical (unpaired) electrons. The zero-order valence-corrected chi connectivity index (χ0v) is 5.37. The average molecular weight is 117 g/mol. The van der Waals surface area contributed by atoms with Gasteiger partial charge in [0.05, 0.1) is 0 Å². The average Bonchev–Trinajstić information content (AvgIpc) is 2.15. The lowest BCUT2D eigenvalue weighted by atomic mass is 10.1. The predicted molar refractivity (Wildman–Crippen MR) is 31.0 cm³/mol. The summed E-state index contributed by atoms with van der Waals surface area (Å²) in [5.41, 5.74) is 2.10. The molecule has 1 saturated carbocycles. The van der Waals surface area contributed by atoms with Gasteiger partial charge in [0.15, 0.2) is 0 Å². The van der Waals surface area contributed by atoms with Gasteiger partial charge in [-0.1, -0.05) is 13.8 Å². The smallest absolute Gasteiger partial charge is 0.0293 e. The van der Waals surface area contributed by atoms with Crippen LogP contribution in [-0.4, -0.2) is 6.54 Å². The summed E-state index contributed by atoms with van der Waals surface area (Å²) in [6, 6.07) is 0. The van der Waals surface area contributed by atoms with Crippen molar-refractivity contribution in [2.45, 2.75) is 20.3 Å². The first-order valence-electron chi connectivity index (χ1n) is 3.00. The molecule has 0 aromatic heterocycles. The van der Waals surface area contributed by atoms with Crippen molar-refractivity contribution < 1.29 is 4.48 Å². The van der Waals surface area contributed by atoms with Crippen molar-refractivity contribution >= 4 is 0 Å². The van der Waals surface area contributed by atoms with Gasteiger partial charge in [0, 0.05) is 6.54 Å². The van der Waals surface area contributed by atoms with Gasteiger partial charge < -0.3 is 0 Å². The molecule has 1 N–H and O–H groups in total. The summed E-state index contributed by atoms with van der Waals surface area (Å²) >= 11 is 0. The van der Waals surface area contributed by atoms with E-state index in [0.29, 0.717) is 17.9 Å². The molecular weight excluding hydrogens is 105 g/mol. The molecule has 1 nitrogen and oxygen atoms in total. The Bertz CT molecular complexity index is 90.5. The first kappa shape index (κ1) is 6.02. The molecule has 0 aromatic carbocycles. The Kier molecular flexibility index (Phi) is 1.27. The Hall–Kier alpha value is -0.110. The van der Waals surface area contributed by atoms with Crippen molar-refractivity contribution in [3.05, 3.63) is 0 Å². The molecule has 1 atom stereocenters. The number of nitrogens with one attached hydrogen (secondary N) is 1. The van der Waals surface area contributed by atoms with Gasteiger partial charge in [0.25, 0.3) is 0 Å². The molecule has 2 heteroatoms. The highest BCUT2D eigenvalue weighted by Gasteiger charge is 2.44. The molecule has 0 amide bonds. The summed E-state index contributed by atoms with van der Waals surface area (Å²) in [7, 11) is 0. The van der Waals surface area contributed by atoms with Crippen LogP contribution in [0.2, 0.25) is 0 Å². The van der Waals surface area contributed by atoms with Crippen molar-refractivity contribution in [3.8, 4) is 0 Å². The van der Waals surface area contributed by atoms with Crippen LogP contribution in [0.25, 0.3) is 0 Å². The van der Waals surface area contributed by atoms with Crippen LogP contribution >= 0.6 is 0 Å². The normalized spacial score (nSPS) is 32.6. The largest absolute Gasteiger partial charge is 0.159 e. The van der Waals surface area contributed by atoms with Gasteiger partial charge in [-0.3, -0.25) is 0 Å². The van der Waals surface area contributed by atoms with E-state index in [1.54, 1.807) is 5.54 Å². The van der Waals surface area contributed by atoms with E-state index in [1.807, 2.05) is 0 Å². The number of halogens is 1. The van der Waals surface area contributed by atoms with E-state index < -0.39 is 0 Å². The molecule has 0 saturated heterocycles. The van der Waals surface area contributed by atoms with E-state index in [0.717, 1.165) is 0 Å². The number of hydrogen-bond donors (Lipinski definition) is 1. The van der Waals surface area contributed by atoms with Crippen LogP contribution in [0.5, 0.6) is 0 Å². The predicted octanol–water partition coefficient (Wildman–Crippen LogP) is 1.51. The monoisotopic (exact) mass is 117 g/mol. The summed E-state index contributed by atoms with van der Waals surface area (Å²) in [5, 5.41) is 0. The van der Waals surface area contributed by atoms with Gasteiger partial charge in [-0.15, -0.1) is 4.48 Å². The molecular formula is C6H12FN. The topological polar surface area (TPSA) is 12.0 Å². The van der Waals surface area contributed by atoms with Crippen LogP contribution in [0.15, 0.2) is 0 Å². The lowest BCUT2D eigenvalue weighted by Crippen LogP contribution is -2.07. The quantitative estimate of drug-likeness (QED) is 0.540. The van der Waals surface area contributed by atoms with Gasteiger partial charge >= 0.3 is 0 Å². The first-order valence-corrected chi connectivity index (χ1v) is 3.00. The Morgan fingerprint density at radius 1 is 1.75 bits per heavy atom. The molecule has 0 spiro atoms. The van der Waals surface area contributed by atoms with E-state index in [4.69, 9.17) is 0 Å². The lowest BCUT2D eigenvalue weighted by molar-refractivity contribution is 0.313. The molecule has 1 aliphatic carbocycles. The molecule has 0 heterocycles. The zero-order chi connectivity index (χ0) is 6.20. The minimum atomic E-state index is 0.416. The molecule has 1 fully saturated rings. The first-order chi connectivity index (χ1) is 3.67. The lowest BCUT2D eigenvalue weighted by Gasteiger charge is -1.97. The maximum atomic E-state index is 11.4. The Morgan fingerprint density at radius 3 is 2.38 bits per heavy atom. The van der Waals surface area contributed by atoms with Crippen LogP contribution in [0.1, 0.15) is 20.3 Å². The Labute approximate surface area is 49.2 Å². The fourth-order valence-electron chi connectivity index (χ4n) is 1.02. The van der Waals surface area contributed by atoms with Crippen molar-refractivity contribution in [1.82, 2.24) is 5.54 Å². The second kappa shape index (κ2) is 1.69. The Balaban J connectivity index is 2.17. The highest BCUT2D eigenvalue weighted by atomic mass is 19.2. The molecule has 1 unspecified atom stereocenters. The fraction of sp³-hybridized carbons (Fsp3) is 1.00. The van der Waals surface area contributed by atoms with Gasteiger partial charge in [-0.05, 0) is 17.8 Å². The summed E-state index contributed by atoms with van der Waals surface area (Å²) < 4.78 is 11.4. The van der Waals surface area contributed by atoms with Gasteiger partial charge in [0.1, 0.15) is 0 Å². The third-order valence-corrected chi connectivity index (χ3v) is 2.04. The highest BCUT2D eigenvalue weighted by Crippen LogP contribution is 2.50. The molecule has 8 heavy (non-hydrogen) atoms. The maximum absolute atomic E-state index is 11.4.